The van der Waals surface area contributed by atoms with Crippen molar-refractivity contribution < 1.29 is 14.5 Å². The second-order valence-corrected chi connectivity index (χ2v) is 8.01. The zero-order valence-electron chi connectivity index (χ0n) is 16.5. The number of ether oxygens (including phenoxy) is 1. The molecule has 1 amide bonds. The van der Waals surface area contributed by atoms with Crippen molar-refractivity contribution in [2.45, 2.75) is 51.7 Å². The molecule has 1 saturated heterocycles. The van der Waals surface area contributed by atoms with Gasteiger partial charge in [0.2, 0.25) is 0 Å². The molecule has 8 heteroatoms. The van der Waals surface area contributed by atoms with E-state index in [9.17, 15) is 14.9 Å². The molecule has 2 aromatic rings. The number of carbonyl (C=O) groups is 1. The maximum Gasteiger partial charge on any atom is 0.407 e. The van der Waals surface area contributed by atoms with Gasteiger partial charge in [0, 0.05) is 48.7 Å². The smallest absolute Gasteiger partial charge is 0.407 e. The van der Waals surface area contributed by atoms with Crippen molar-refractivity contribution in [2.75, 3.05) is 18.0 Å². The number of aromatic nitrogens is 1. The standard InChI is InChI=1S/C20H26N4O4/c1-20(2,3)28-19(25)22-12-14-6-4-5-11-23(14)17-7-8-18(24(26)27)16-13-21-10-9-15(16)17/h7-10,13-14H,4-6,11-12H2,1-3H3,(H,22,25). The second-order valence-electron chi connectivity index (χ2n) is 8.01. The monoisotopic (exact) mass is 386 g/mol. The second kappa shape index (κ2) is 8.00. The van der Waals surface area contributed by atoms with Gasteiger partial charge in [0.25, 0.3) is 5.69 Å². The lowest BCUT2D eigenvalue weighted by Gasteiger charge is -2.38. The summed E-state index contributed by atoms with van der Waals surface area (Å²) in [5.74, 6) is 0. The van der Waals surface area contributed by atoms with Gasteiger partial charge in [-0.2, -0.15) is 0 Å². The van der Waals surface area contributed by atoms with Crippen LogP contribution in [-0.2, 0) is 4.74 Å². The SMILES string of the molecule is CC(C)(C)OC(=O)NCC1CCCCN1c1ccc([N+](=O)[O-])c2cnccc12. The summed E-state index contributed by atoms with van der Waals surface area (Å²) in [5, 5.41) is 15.5. The third kappa shape index (κ3) is 4.49. The molecule has 1 atom stereocenters. The summed E-state index contributed by atoms with van der Waals surface area (Å²) in [4.78, 5) is 29.3. The fourth-order valence-electron chi connectivity index (χ4n) is 3.61. The molecule has 1 N–H and O–H groups in total. The number of non-ortho nitro benzene ring substituents is 1. The number of nitro groups is 1. The van der Waals surface area contributed by atoms with E-state index in [-0.39, 0.29) is 16.7 Å². The number of rotatable bonds is 4. The molecule has 1 aromatic heterocycles. The average Bonchev–Trinajstić information content (AvgIpc) is 2.64. The molecule has 8 nitrogen and oxygen atoms in total. The van der Waals surface area contributed by atoms with Crippen molar-refractivity contribution in [3.8, 4) is 0 Å². The Morgan fingerprint density at radius 2 is 2.11 bits per heavy atom. The molecule has 150 valence electrons. The minimum atomic E-state index is -0.544. The Kier molecular flexibility index (Phi) is 5.67. The van der Waals surface area contributed by atoms with E-state index in [0.717, 1.165) is 36.9 Å². The topological polar surface area (TPSA) is 97.6 Å². The van der Waals surface area contributed by atoms with E-state index < -0.39 is 11.7 Å². The molecule has 0 aliphatic carbocycles. The Labute approximate surface area is 164 Å². The number of benzene rings is 1. The quantitative estimate of drug-likeness (QED) is 0.629. The number of amides is 1. The van der Waals surface area contributed by atoms with E-state index in [1.807, 2.05) is 26.8 Å². The summed E-state index contributed by atoms with van der Waals surface area (Å²) in [6.07, 6.45) is 5.79. The predicted molar refractivity (Wildman–Crippen MR) is 108 cm³/mol. The summed E-state index contributed by atoms with van der Waals surface area (Å²) in [5.41, 5.74) is 0.434. The van der Waals surface area contributed by atoms with E-state index in [4.69, 9.17) is 4.74 Å². The summed E-state index contributed by atoms with van der Waals surface area (Å²) in [6.45, 7) is 6.78. The molecule has 1 aromatic carbocycles. The first-order chi connectivity index (χ1) is 13.3. The Bertz CT molecular complexity index is 878. The molecule has 0 spiro atoms. The number of nitro benzene ring substituents is 1. The lowest BCUT2D eigenvalue weighted by Crippen LogP contribution is -2.47. The van der Waals surface area contributed by atoms with Crippen molar-refractivity contribution in [1.82, 2.24) is 10.3 Å². The minimum absolute atomic E-state index is 0.0484. The number of pyridine rings is 1. The van der Waals surface area contributed by atoms with Crippen molar-refractivity contribution >= 4 is 28.2 Å². The van der Waals surface area contributed by atoms with Crippen LogP contribution in [0.3, 0.4) is 0 Å². The van der Waals surface area contributed by atoms with Gasteiger partial charge in [0.1, 0.15) is 5.60 Å². The van der Waals surface area contributed by atoms with Gasteiger partial charge in [0.15, 0.2) is 0 Å². The van der Waals surface area contributed by atoms with Crippen molar-refractivity contribution in [2.24, 2.45) is 0 Å². The highest BCUT2D eigenvalue weighted by atomic mass is 16.6. The van der Waals surface area contributed by atoms with Gasteiger partial charge in [-0.3, -0.25) is 15.1 Å². The molecule has 2 heterocycles. The Balaban J connectivity index is 1.85. The van der Waals surface area contributed by atoms with Crippen LogP contribution in [0.1, 0.15) is 40.0 Å². The van der Waals surface area contributed by atoms with Gasteiger partial charge in [0.05, 0.1) is 10.3 Å². The first kappa shape index (κ1) is 19.9. The van der Waals surface area contributed by atoms with Crippen LogP contribution in [0.5, 0.6) is 0 Å². The third-order valence-electron chi connectivity index (χ3n) is 4.79. The van der Waals surface area contributed by atoms with Gasteiger partial charge >= 0.3 is 6.09 Å². The molecule has 1 unspecified atom stereocenters. The number of nitrogens with one attached hydrogen (secondary N) is 1. The summed E-state index contributed by atoms with van der Waals surface area (Å²) >= 11 is 0. The van der Waals surface area contributed by atoms with Gasteiger partial charge in [-0.15, -0.1) is 0 Å². The molecule has 28 heavy (non-hydrogen) atoms. The maximum atomic E-state index is 12.0. The van der Waals surface area contributed by atoms with Crippen molar-refractivity contribution in [3.05, 3.63) is 40.7 Å². The van der Waals surface area contributed by atoms with Crippen LogP contribution >= 0.6 is 0 Å². The Hall–Kier alpha value is -2.90. The first-order valence-corrected chi connectivity index (χ1v) is 9.51. The van der Waals surface area contributed by atoms with E-state index in [1.165, 1.54) is 12.3 Å². The number of piperidine rings is 1. The zero-order valence-corrected chi connectivity index (χ0v) is 16.5. The molecule has 0 saturated carbocycles. The zero-order chi connectivity index (χ0) is 20.3. The lowest BCUT2D eigenvalue weighted by atomic mass is 9.99. The van der Waals surface area contributed by atoms with Crippen LogP contribution in [0.15, 0.2) is 30.6 Å². The molecule has 1 aliphatic heterocycles. The number of alkyl carbamates (subject to hydrolysis) is 1. The van der Waals surface area contributed by atoms with E-state index in [2.05, 4.69) is 15.2 Å². The molecule has 0 radical (unpaired) electrons. The minimum Gasteiger partial charge on any atom is -0.444 e. The van der Waals surface area contributed by atoms with Crippen LogP contribution < -0.4 is 10.2 Å². The van der Waals surface area contributed by atoms with E-state index in [0.29, 0.717) is 11.9 Å². The molecule has 3 rings (SSSR count). The molecule has 1 aliphatic rings. The molecular weight excluding hydrogens is 360 g/mol. The number of carbonyl (C=O) groups excluding carboxylic acids is 1. The third-order valence-corrected chi connectivity index (χ3v) is 4.79. The van der Waals surface area contributed by atoms with E-state index >= 15 is 0 Å². The fourth-order valence-corrected chi connectivity index (χ4v) is 3.61. The van der Waals surface area contributed by atoms with Crippen LogP contribution in [0.25, 0.3) is 10.8 Å². The number of hydrogen-bond donors (Lipinski definition) is 1. The largest absolute Gasteiger partial charge is 0.444 e. The van der Waals surface area contributed by atoms with Crippen LogP contribution in [0.2, 0.25) is 0 Å². The molecular formula is C20H26N4O4. The summed E-state index contributed by atoms with van der Waals surface area (Å²) in [7, 11) is 0. The number of nitrogens with zero attached hydrogens (tertiary/aromatic N) is 3. The van der Waals surface area contributed by atoms with Crippen LogP contribution in [-0.4, -0.2) is 40.7 Å². The molecule has 0 bridgehead atoms. The van der Waals surface area contributed by atoms with Crippen LogP contribution in [0, 0.1) is 10.1 Å². The fraction of sp³-hybridized carbons (Fsp3) is 0.500. The number of anilines is 1. The summed E-state index contributed by atoms with van der Waals surface area (Å²) < 4.78 is 5.33. The Morgan fingerprint density at radius 1 is 1.32 bits per heavy atom. The number of fused-ring (bicyclic) bond motifs is 1. The van der Waals surface area contributed by atoms with Crippen LogP contribution in [0.4, 0.5) is 16.2 Å². The summed E-state index contributed by atoms with van der Waals surface area (Å²) in [6, 6.07) is 5.24. The molecule has 1 fully saturated rings. The highest BCUT2D eigenvalue weighted by Gasteiger charge is 2.27. The highest BCUT2D eigenvalue weighted by molar-refractivity contribution is 5.99. The highest BCUT2D eigenvalue weighted by Crippen LogP contribution is 2.35. The van der Waals surface area contributed by atoms with Gasteiger partial charge in [-0.25, -0.2) is 4.79 Å². The van der Waals surface area contributed by atoms with Crippen molar-refractivity contribution in [3.63, 3.8) is 0 Å². The lowest BCUT2D eigenvalue weighted by molar-refractivity contribution is -0.383. The first-order valence-electron chi connectivity index (χ1n) is 9.51. The van der Waals surface area contributed by atoms with Gasteiger partial charge in [-0.1, -0.05) is 0 Å². The van der Waals surface area contributed by atoms with Crippen molar-refractivity contribution in [1.29, 1.82) is 0 Å². The predicted octanol–water partition coefficient (Wildman–Crippen LogP) is 4.03. The van der Waals surface area contributed by atoms with E-state index in [1.54, 1.807) is 12.3 Å². The van der Waals surface area contributed by atoms with Gasteiger partial charge < -0.3 is 15.0 Å². The number of hydrogen-bond acceptors (Lipinski definition) is 6. The normalized spacial score (nSPS) is 17.4. The maximum absolute atomic E-state index is 12.0. The average molecular weight is 386 g/mol. The Morgan fingerprint density at radius 3 is 2.82 bits per heavy atom. The van der Waals surface area contributed by atoms with Gasteiger partial charge in [-0.05, 0) is 52.2 Å².